The number of hydrogen-bond donors (Lipinski definition) is 0. The molecule has 0 amide bonds. The van der Waals surface area contributed by atoms with Crippen molar-refractivity contribution in [3.05, 3.63) is 0 Å². The largest absolute Gasteiger partial charge is 0.469 e. The fraction of sp³-hybridized carbons (Fsp3) is 0.625. The highest BCUT2D eigenvalue weighted by Crippen LogP contribution is 1.94. The molecule has 0 saturated carbocycles. The lowest BCUT2D eigenvalue weighted by Crippen LogP contribution is -2.08. The maximum absolute atomic E-state index is 10.7. The second-order valence-corrected chi connectivity index (χ2v) is 2.04. The van der Waals surface area contributed by atoms with Crippen LogP contribution in [0.25, 0.3) is 0 Å². The lowest BCUT2D eigenvalue weighted by molar-refractivity contribution is -0.143. The van der Waals surface area contributed by atoms with Crippen molar-refractivity contribution in [2.75, 3.05) is 7.11 Å². The minimum absolute atomic E-state index is 0.0469. The van der Waals surface area contributed by atoms with Crippen LogP contribution in [-0.4, -0.2) is 18.9 Å². The van der Waals surface area contributed by atoms with E-state index < -0.39 is 5.97 Å². The third kappa shape index (κ3) is 8.63. The Morgan fingerprint density at radius 2 is 1.92 bits per heavy atom. The van der Waals surface area contributed by atoms with E-state index in [-0.39, 0.29) is 12.2 Å². The van der Waals surface area contributed by atoms with Crippen LogP contribution in [0, 0.1) is 11.8 Å². The Morgan fingerprint density at radius 1 is 1.42 bits per heavy atom. The zero-order valence-electron chi connectivity index (χ0n) is 7.37. The van der Waals surface area contributed by atoms with E-state index in [1.165, 1.54) is 7.11 Å². The van der Waals surface area contributed by atoms with Gasteiger partial charge in [-0.15, -0.1) is 0 Å². The first kappa shape index (κ1) is 13.2. The highest BCUT2D eigenvalue weighted by molar-refractivity contribution is 5.95. The summed E-state index contributed by atoms with van der Waals surface area (Å²) in [7, 11) is 1.28. The molecule has 0 unspecified atom stereocenters. The Labute approximate surface area is 72.1 Å². The number of ketones is 1. The third-order valence-corrected chi connectivity index (χ3v) is 1.10. The van der Waals surface area contributed by atoms with Crippen LogP contribution in [-0.2, 0) is 14.3 Å². The molecule has 0 heterocycles. The molecule has 0 aliphatic rings. The lowest BCUT2D eigenvalue weighted by atomic mass is 10.2. The smallest absolute Gasteiger partial charge is 0.313 e. The van der Waals surface area contributed by atoms with E-state index in [0.717, 1.165) is 6.42 Å². The number of nitriles is 1. The minimum atomic E-state index is -0.446. The Balaban J connectivity index is 0. The molecule has 0 aliphatic heterocycles. The maximum atomic E-state index is 10.7. The molecule has 0 atom stereocenters. The Kier molecular flexibility index (Phi) is 10.6. The number of methoxy groups -OCH3 is 1. The van der Waals surface area contributed by atoms with Gasteiger partial charge in [0.1, 0.15) is 12.2 Å². The topological polar surface area (TPSA) is 67.2 Å². The van der Waals surface area contributed by atoms with Crippen LogP contribution in [0.15, 0.2) is 0 Å². The molecule has 0 fully saturated rings. The third-order valence-electron chi connectivity index (χ3n) is 1.10. The molecule has 68 valence electrons. The SMILES string of the molecule is C#N.CCCC(=O)CC(=O)OC. The molecule has 0 spiro atoms. The summed E-state index contributed by atoms with van der Waals surface area (Å²) in [5.74, 6) is -0.493. The van der Waals surface area contributed by atoms with Crippen molar-refractivity contribution in [3.8, 4) is 6.57 Å². The summed E-state index contributed by atoms with van der Waals surface area (Å²) >= 11 is 0. The lowest BCUT2D eigenvalue weighted by Gasteiger charge is -1.95. The monoisotopic (exact) mass is 171 g/mol. The molecule has 0 radical (unpaired) electrons. The molecule has 0 aromatic rings. The van der Waals surface area contributed by atoms with Gasteiger partial charge in [0.25, 0.3) is 0 Å². The van der Waals surface area contributed by atoms with Gasteiger partial charge in [0.2, 0.25) is 0 Å². The van der Waals surface area contributed by atoms with Gasteiger partial charge in [0, 0.05) is 13.0 Å². The average Bonchev–Trinajstić information content (AvgIpc) is 2.08. The number of carbonyl (C=O) groups excluding carboxylic acids is 2. The van der Waals surface area contributed by atoms with E-state index in [1.54, 1.807) is 0 Å². The van der Waals surface area contributed by atoms with Crippen LogP contribution in [0.3, 0.4) is 0 Å². The zero-order chi connectivity index (χ0) is 9.98. The van der Waals surface area contributed by atoms with Crippen molar-refractivity contribution in [2.24, 2.45) is 0 Å². The number of Topliss-reactive ketones (excluding diaryl/α,β-unsaturated/α-hetero) is 1. The number of rotatable bonds is 4. The van der Waals surface area contributed by atoms with Crippen LogP contribution in [0.5, 0.6) is 0 Å². The molecule has 0 aliphatic carbocycles. The first-order chi connectivity index (χ1) is 5.70. The van der Waals surface area contributed by atoms with Crippen molar-refractivity contribution in [1.82, 2.24) is 0 Å². The molecule has 12 heavy (non-hydrogen) atoms. The fourth-order valence-electron chi connectivity index (χ4n) is 0.600. The summed E-state index contributed by atoms with van der Waals surface area (Å²) in [5, 5.41) is 6.50. The van der Waals surface area contributed by atoms with Crippen LogP contribution in [0.2, 0.25) is 0 Å². The Morgan fingerprint density at radius 3 is 2.25 bits per heavy atom. The van der Waals surface area contributed by atoms with Crippen molar-refractivity contribution < 1.29 is 14.3 Å². The first-order valence-corrected chi connectivity index (χ1v) is 3.55. The minimum Gasteiger partial charge on any atom is -0.469 e. The molecular weight excluding hydrogens is 158 g/mol. The summed E-state index contributed by atoms with van der Waals surface area (Å²) in [6.07, 6.45) is 1.18. The summed E-state index contributed by atoms with van der Waals surface area (Å²) < 4.78 is 4.31. The molecule has 0 bridgehead atoms. The molecule has 0 aromatic carbocycles. The van der Waals surface area contributed by atoms with Gasteiger partial charge in [-0.2, -0.15) is 0 Å². The molecule has 0 N–H and O–H groups in total. The van der Waals surface area contributed by atoms with Crippen LogP contribution >= 0.6 is 0 Å². The average molecular weight is 171 g/mol. The van der Waals surface area contributed by atoms with Gasteiger partial charge in [-0.3, -0.25) is 9.59 Å². The number of carbonyl (C=O) groups is 2. The van der Waals surface area contributed by atoms with Crippen LogP contribution in [0.1, 0.15) is 26.2 Å². The second-order valence-electron chi connectivity index (χ2n) is 2.04. The summed E-state index contributed by atoms with van der Waals surface area (Å²) in [6.45, 7) is 5.40. The van der Waals surface area contributed by atoms with Gasteiger partial charge in [-0.05, 0) is 6.42 Å². The Hall–Kier alpha value is -1.37. The molecule has 0 aromatic heterocycles. The zero-order valence-corrected chi connectivity index (χ0v) is 7.37. The van der Waals surface area contributed by atoms with Gasteiger partial charge in [-0.25, -0.2) is 5.26 Å². The number of ether oxygens (including phenoxy) is 1. The summed E-state index contributed by atoms with van der Waals surface area (Å²) in [5.41, 5.74) is 0. The number of nitrogens with zero attached hydrogens (tertiary/aromatic N) is 1. The molecule has 4 nitrogen and oxygen atoms in total. The first-order valence-electron chi connectivity index (χ1n) is 3.55. The van der Waals surface area contributed by atoms with Gasteiger partial charge in [-0.1, -0.05) is 6.92 Å². The van der Waals surface area contributed by atoms with Gasteiger partial charge in [0.15, 0.2) is 0 Å². The van der Waals surface area contributed by atoms with E-state index in [1.807, 2.05) is 6.92 Å². The van der Waals surface area contributed by atoms with Gasteiger partial charge < -0.3 is 4.74 Å². The predicted molar refractivity (Wildman–Crippen MR) is 43.2 cm³/mol. The van der Waals surface area contributed by atoms with E-state index in [0.29, 0.717) is 6.42 Å². The fourth-order valence-corrected chi connectivity index (χ4v) is 0.600. The van der Waals surface area contributed by atoms with Gasteiger partial charge >= 0.3 is 5.97 Å². The molecular formula is C8H13NO3. The normalized spacial score (nSPS) is 7.67. The molecule has 0 rings (SSSR count). The number of esters is 1. The second kappa shape index (κ2) is 9.63. The summed E-state index contributed by atoms with van der Waals surface area (Å²) in [6, 6.07) is 0. The van der Waals surface area contributed by atoms with Crippen LogP contribution < -0.4 is 0 Å². The van der Waals surface area contributed by atoms with E-state index >= 15 is 0 Å². The highest BCUT2D eigenvalue weighted by Gasteiger charge is 2.06. The van der Waals surface area contributed by atoms with E-state index in [4.69, 9.17) is 5.26 Å². The predicted octanol–water partition coefficient (Wildman–Crippen LogP) is 1.06. The quantitative estimate of drug-likeness (QED) is 0.468. The van der Waals surface area contributed by atoms with Crippen LogP contribution in [0.4, 0.5) is 0 Å². The highest BCUT2D eigenvalue weighted by atomic mass is 16.5. The molecule has 0 saturated heterocycles. The van der Waals surface area contributed by atoms with Crippen molar-refractivity contribution in [3.63, 3.8) is 0 Å². The van der Waals surface area contributed by atoms with Gasteiger partial charge in [0.05, 0.1) is 7.11 Å². The van der Waals surface area contributed by atoms with Crippen molar-refractivity contribution in [2.45, 2.75) is 26.2 Å². The standard InChI is InChI=1S/C7H12O3.CHN/c1-3-4-6(8)5-7(9)10-2;1-2/h3-5H2,1-2H3;1H. The molecule has 4 heteroatoms. The van der Waals surface area contributed by atoms with Crippen molar-refractivity contribution >= 4 is 11.8 Å². The summed E-state index contributed by atoms with van der Waals surface area (Å²) in [4.78, 5) is 21.2. The van der Waals surface area contributed by atoms with E-state index in [2.05, 4.69) is 11.3 Å². The maximum Gasteiger partial charge on any atom is 0.313 e. The van der Waals surface area contributed by atoms with Crippen molar-refractivity contribution in [1.29, 1.82) is 5.26 Å². The Bertz CT molecular complexity index is 163. The number of hydrogen-bond acceptors (Lipinski definition) is 4. The van der Waals surface area contributed by atoms with E-state index in [9.17, 15) is 9.59 Å².